The van der Waals surface area contributed by atoms with Crippen molar-refractivity contribution >= 4 is 31.8 Å². The fourth-order valence-corrected chi connectivity index (χ4v) is 5.05. The van der Waals surface area contributed by atoms with Gasteiger partial charge >= 0.3 is 6.18 Å². The number of fused-ring (bicyclic) bond motifs is 3. The van der Waals surface area contributed by atoms with Crippen molar-refractivity contribution in [2.75, 3.05) is 0 Å². The second kappa shape index (κ2) is 7.88. The summed E-state index contributed by atoms with van der Waals surface area (Å²) in [4.78, 5) is 18.6. The molecule has 4 heterocycles. The standard InChI is InChI=1S/C25H13F3N4O2S/c26-25(27,28)16-9-4-5-10-18(16)32-24(33)22-21(30-31-32)20-15(19-11-6-12-34-19)13-17(29-23(20)35-22)14-7-2-1-3-8-14/h1-13H. The SMILES string of the molecule is O=c1c2sc3nc(-c4ccccc4)cc(-c4ccco4)c3c2nnn1-c1ccccc1C(F)(F)F. The first-order valence-electron chi connectivity index (χ1n) is 10.4. The molecule has 0 saturated carbocycles. The van der Waals surface area contributed by atoms with E-state index in [1.165, 1.54) is 24.5 Å². The van der Waals surface area contributed by atoms with E-state index < -0.39 is 17.3 Å². The summed E-state index contributed by atoms with van der Waals surface area (Å²) in [5.74, 6) is 0.544. The third-order valence-electron chi connectivity index (χ3n) is 5.55. The van der Waals surface area contributed by atoms with Gasteiger partial charge in [-0.15, -0.1) is 16.4 Å². The van der Waals surface area contributed by atoms with Crippen molar-refractivity contribution in [3.63, 3.8) is 0 Å². The van der Waals surface area contributed by atoms with Gasteiger partial charge < -0.3 is 4.42 Å². The molecule has 0 aliphatic heterocycles. The minimum atomic E-state index is -4.66. The number of benzene rings is 2. The summed E-state index contributed by atoms with van der Waals surface area (Å²) < 4.78 is 47.2. The molecule has 10 heteroatoms. The Balaban J connectivity index is 1.66. The summed E-state index contributed by atoms with van der Waals surface area (Å²) >= 11 is 1.06. The molecular weight excluding hydrogens is 477 g/mol. The van der Waals surface area contributed by atoms with Gasteiger partial charge in [-0.2, -0.15) is 17.9 Å². The Labute approximate surface area is 198 Å². The number of furan rings is 1. The molecular formula is C25H13F3N4O2S. The number of pyridine rings is 1. The van der Waals surface area contributed by atoms with Crippen molar-refractivity contribution in [1.29, 1.82) is 0 Å². The smallest absolute Gasteiger partial charge is 0.418 e. The molecule has 0 bridgehead atoms. The number of aromatic nitrogens is 4. The Morgan fingerprint density at radius 3 is 2.46 bits per heavy atom. The number of nitrogens with zero attached hydrogens (tertiary/aromatic N) is 4. The van der Waals surface area contributed by atoms with Crippen LogP contribution in [-0.4, -0.2) is 20.0 Å². The Hall–Kier alpha value is -4.31. The van der Waals surface area contributed by atoms with Gasteiger partial charge in [0.2, 0.25) is 0 Å². The number of hydrogen-bond acceptors (Lipinski definition) is 6. The molecule has 0 aliphatic carbocycles. The van der Waals surface area contributed by atoms with Crippen LogP contribution in [0.5, 0.6) is 0 Å². The van der Waals surface area contributed by atoms with E-state index in [4.69, 9.17) is 9.40 Å². The first kappa shape index (κ1) is 21.2. The summed E-state index contributed by atoms with van der Waals surface area (Å²) in [5, 5.41) is 8.61. The van der Waals surface area contributed by atoms with Crippen LogP contribution in [0, 0.1) is 0 Å². The Morgan fingerprint density at radius 1 is 0.943 bits per heavy atom. The van der Waals surface area contributed by atoms with Crippen LogP contribution < -0.4 is 5.56 Å². The first-order valence-corrected chi connectivity index (χ1v) is 11.2. The summed E-state index contributed by atoms with van der Waals surface area (Å²) in [5.41, 5.74) is 0.371. The quantitative estimate of drug-likeness (QED) is 0.290. The fraction of sp³-hybridized carbons (Fsp3) is 0.0400. The van der Waals surface area contributed by atoms with Crippen molar-refractivity contribution in [2.45, 2.75) is 6.18 Å². The maximum Gasteiger partial charge on any atom is 0.418 e. The number of rotatable bonds is 3. The van der Waals surface area contributed by atoms with Crippen LogP contribution >= 0.6 is 11.3 Å². The lowest BCUT2D eigenvalue weighted by Crippen LogP contribution is -2.24. The minimum absolute atomic E-state index is 0.150. The van der Waals surface area contributed by atoms with E-state index in [1.807, 2.05) is 36.4 Å². The molecule has 2 aromatic carbocycles. The highest BCUT2D eigenvalue weighted by molar-refractivity contribution is 7.25. The van der Waals surface area contributed by atoms with E-state index in [0.29, 0.717) is 31.9 Å². The Kier molecular flexibility index (Phi) is 4.78. The zero-order valence-electron chi connectivity index (χ0n) is 17.7. The normalized spacial score (nSPS) is 12.0. The summed E-state index contributed by atoms with van der Waals surface area (Å²) in [6.07, 6.45) is -3.13. The summed E-state index contributed by atoms with van der Waals surface area (Å²) in [6, 6.07) is 19.6. The zero-order valence-corrected chi connectivity index (χ0v) is 18.5. The molecule has 0 amide bonds. The largest absolute Gasteiger partial charge is 0.464 e. The van der Waals surface area contributed by atoms with Crippen molar-refractivity contribution in [3.05, 3.63) is 95.0 Å². The van der Waals surface area contributed by atoms with Crippen molar-refractivity contribution in [1.82, 2.24) is 20.0 Å². The lowest BCUT2D eigenvalue weighted by molar-refractivity contribution is -0.137. The van der Waals surface area contributed by atoms with E-state index >= 15 is 0 Å². The third kappa shape index (κ3) is 3.50. The van der Waals surface area contributed by atoms with Gasteiger partial charge in [0.25, 0.3) is 5.56 Å². The van der Waals surface area contributed by atoms with E-state index in [0.717, 1.165) is 23.0 Å². The predicted octanol–water partition coefficient (Wildman–Crippen LogP) is 6.34. The molecule has 4 aromatic heterocycles. The molecule has 172 valence electrons. The van der Waals surface area contributed by atoms with Gasteiger partial charge in [-0.25, -0.2) is 4.98 Å². The van der Waals surface area contributed by atoms with Gasteiger partial charge in [-0.05, 0) is 30.3 Å². The van der Waals surface area contributed by atoms with E-state index in [-0.39, 0.29) is 15.9 Å². The number of alkyl halides is 3. The van der Waals surface area contributed by atoms with Crippen LogP contribution in [0.25, 0.3) is 48.7 Å². The average molecular weight is 490 g/mol. The van der Waals surface area contributed by atoms with Crippen LogP contribution in [0.4, 0.5) is 13.2 Å². The van der Waals surface area contributed by atoms with E-state index in [1.54, 1.807) is 12.1 Å². The molecule has 0 atom stereocenters. The highest BCUT2D eigenvalue weighted by atomic mass is 32.1. The molecule has 35 heavy (non-hydrogen) atoms. The summed E-state index contributed by atoms with van der Waals surface area (Å²) in [7, 11) is 0. The molecule has 0 saturated heterocycles. The van der Waals surface area contributed by atoms with Gasteiger partial charge in [-0.1, -0.05) is 47.7 Å². The molecule has 0 aliphatic rings. The molecule has 0 unspecified atom stereocenters. The number of para-hydroxylation sites is 1. The number of thiophene rings is 1. The summed E-state index contributed by atoms with van der Waals surface area (Å²) in [6.45, 7) is 0. The van der Waals surface area contributed by atoms with E-state index in [2.05, 4.69) is 10.3 Å². The highest BCUT2D eigenvalue weighted by Crippen LogP contribution is 2.39. The monoisotopic (exact) mass is 490 g/mol. The Morgan fingerprint density at radius 2 is 1.71 bits per heavy atom. The maximum absolute atomic E-state index is 13.6. The number of halogens is 3. The lowest BCUT2D eigenvalue weighted by Gasteiger charge is -2.12. The van der Waals surface area contributed by atoms with Gasteiger partial charge in [0.1, 0.15) is 20.8 Å². The molecule has 0 N–H and O–H groups in total. The van der Waals surface area contributed by atoms with Gasteiger partial charge in [-0.3, -0.25) is 4.79 Å². The second-order valence-electron chi connectivity index (χ2n) is 7.68. The second-order valence-corrected chi connectivity index (χ2v) is 8.68. The molecule has 6 aromatic rings. The van der Waals surface area contributed by atoms with Gasteiger partial charge in [0.15, 0.2) is 0 Å². The van der Waals surface area contributed by atoms with Crippen molar-refractivity contribution in [3.8, 4) is 28.3 Å². The zero-order chi connectivity index (χ0) is 24.2. The molecule has 6 rings (SSSR count). The topological polar surface area (TPSA) is 73.8 Å². The van der Waals surface area contributed by atoms with E-state index in [9.17, 15) is 18.0 Å². The third-order valence-corrected chi connectivity index (χ3v) is 6.61. The molecule has 0 spiro atoms. The molecule has 6 nitrogen and oxygen atoms in total. The van der Waals surface area contributed by atoms with Crippen LogP contribution in [0.1, 0.15) is 5.56 Å². The van der Waals surface area contributed by atoms with Gasteiger partial charge in [0.05, 0.1) is 28.6 Å². The van der Waals surface area contributed by atoms with Crippen molar-refractivity contribution < 1.29 is 17.6 Å². The molecule has 0 radical (unpaired) electrons. The fourth-order valence-electron chi connectivity index (χ4n) is 3.99. The number of hydrogen-bond donors (Lipinski definition) is 0. The first-order chi connectivity index (χ1) is 16.9. The van der Waals surface area contributed by atoms with Gasteiger partial charge in [0, 0.05) is 11.1 Å². The van der Waals surface area contributed by atoms with Crippen LogP contribution in [0.15, 0.2) is 88.3 Å². The predicted molar refractivity (Wildman–Crippen MR) is 126 cm³/mol. The Bertz CT molecular complexity index is 1760. The van der Waals surface area contributed by atoms with Crippen molar-refractivity contribution in [2.24, 2.45) is 0 Å². The van der Waals surface area contributed by atoms with Crippen LogP contribution in [-0.2, 0) is 6.18 Å². The van der Waals surface area contributed by atoms with Crippen LogP contribution in [0.2, 0.25) is 0 Å². The lowest BCUT2D eigenvalue weighted by atomic mass is 10.0. The molecule has 0 fully saturated rings. The highest BCUT2D eigenvalue weighted by Gasteiger charge is 2.34. The average Bonchev–Trinajstić information content (AvgIpc) is 3.53. The maximum atomic E-state index is 13.6. The van der Waals surface area contributed by atoms with Crippen LogP contribution in [0.3, 0.4) is 0 Å². The minimum Gasteiger partial charge on any atom is -0.464 e.